The largest absolute Gasteiger partial charge is 0.443 e. The van der Waals surface area contributed by atoms with E-state index >= 15 is 0 Å². The Morgan fingerprint density at radius 2 is 1.32 bits per heavy atom. The van der Waals surface area contributed by atoms with Gasteiger partial charge in [0.2, 0.25) is 0 Å². The predicted molar refractivity (Wildman–Crippen MR) is 114 cm³/mol. The van der Waals surface area contributed by atoms with E-state index in [1.165, 1.54) is 0 Å². The summed E-state index contributed by atoms with van der Waals surface area (Å²) in [7, 11) is 0. The third-order valence-electron chi connectivity index (χ3n) is 4.59. The number of ether oxygens (including phenoxy) is 1. The van der Waals surface area contributed by atoms with Gasteiger partial charge in [0, 0.05) is 17.1 Å². The first-order valence-corrected chi connectivity index (χ1v) is 9.42. The van der Waals surface area contributed by atoms with Crippen molar-refractivity contribution < 1.29 is 9.53 Å². The molecule has 4 aromatic rings. The van der Waals surface area contributed by atoms with Gasteiger partial charge in [-0.1, -0.05) is 72.8 Å². The van der Waals surface area contributed by atoms with Gasteiger partial charge in [0.15, 0.2) is 0 Å². The number of hydrogen-bond donors (Lipinski definition) is 0. The average Bonchev–Trinajstić information content (AvgIpc) is 3.08. The topological polar surface area (TPSA) is 31.2 Å². The van der Waals surface area contributed by atoms with Gasteiger partial charge in [-0.15, -0.1) is 0 Å². The Labute approximate surface area is 165 Å². The van der Waals surface area contributed by atoms with Gasteiger partial charge in [0.05, 0.1) is 5.52 Å². The molecule has 0 aliphatic carbocycles. The Kier molecular flexibility index (Phi) is 4.52. The molecule has 0 saturated carbocycles. The third-order valence-corrected chi connectivity index (χ3v) is 4.59. The second-order valence-electron chi connectivity index (χ2n) is 7.82. The molecule has 140 valence electrons. The maximum absolute atomic E-state index is 12.9. The summed E-state index contributed by atoms with van der Waals surface area (Å²) in [6, 6.07) is 26.5. The van der Waals surface area contributed by atoms with Gasteiger partial charge in [-0.25, -0.2) is 4.79 Å². The fraction of sp³-hybridized carbons (Fsp3) is 0.160. The van der Waals surface area contributed by atoms with E-state index in [1.54, 1.807) is 4.57 Å². The molecule has 0 spiro atoms. The van der Waals surface area contributed by atoms with E-state index in [0.29, 0.717) is 0 Å². The summed E-state index contributed by atoms with van der Waals surface area (Å²) in [5.74, 6) is 0. The monoisotopic (exact) mass is 369 g/mol. The second kappa shape index (κ2) is 7.01. The molecule has 0 fully saturated rings. The summed E-state index contributed by atoms with van der Waals surface area (Å²) in [5, 5.41) is 1.05. The molecule has 4 rings (SSSR count). The van der Waals surface area contributed by atoms with Gasteiger partial charge >= 0.3 is 6.09 Å². The fourth-order valence-electron chi connectivity index (χ4n) is 3.44. The van der Waals surface area contributed by atoms with Gasteiger partial charge in [-0.05, 0) is 43.5 Å². The molecular weight excluding hydrogens is 346 g/mol. The van der Waals surface area contributed by atoms with Crippen LogP contribution in [-0.4, -0.2) is 16.3 Å². The second-order valence-corrected chi connectivity index (χ2v) is 7.82. The van der Waals surface area contributed by atoms with E-state index in [-0.39, 0.29) is 6.09 Å². The van der Waals surface area contributed by atoms with Crippen LogP contribution >= 0.6 is 0 Å². The van der Waals surface area contributed by atoms with Crippen LogP contribution in [0.4, 0.5) is 4.79 Å². The summed E-state index contributed by atoms with van der Waals surface area (Å²) in [6.07, 6.45) is 1.52. The van der Waals surface area contributed by atoms with E-state index in [0.717, 1.165) is 33.2 Å². The molecular formula is C25H23NO2. The molecule has 1 aromatic heterocycles. The number of benzene rings is 3. The molecule has 3 heteroatoms. The van der Waals surface area contributed by atoms with Crippen molar-refractivity contribution in [3.05, 3.63) is 85.1 Å². The molecule has 0 bridgehead atoms. The molecule has 3 nitrogen and oxygen atoms in total. The number of fused-ring (bicyclic) bond motifs is 1. The molecule has 3 aromatic carbocycles. The van der Waals surface area contributed by atoms with Gasteiger partial charge in [-0.3, -0.25) is 4.57 Å². The Balaban J connectivity index is 2.00. The first kappa shape index (κ1) is 18.1. The van der Waals surface area contributed by atoms with Crippen molar-refractivity contribution in [1.82, 2.24) is 4.57 Å². The van der Waals surface area contributed by atoms with Crippen LogP contribution in [0.3, 0.4) is 0 Å². The van der Waals surface area contributed by atoms with Crippen LogP contribution in [0.1, 0.15) is 20.8 Å². The van der Waals surface area contributed by atoms with Crippen LogP contribution in [0, 0.1) is 0 Å². The molecule has 28 heavy (non-hydrogen) atoms. The molecule has 0 unspecified atom stereocenters. The van der Waals surface area contributed by atoms with Crippen molar-refractivity contribution in [3.63, 3.8) is 0 Å². The summed E-state index contributed by atoms with van der Waals surface area (Å²) < 4.78 is 7.27. The molecule has 0 aliphatic heterocycles. The first-order chi connectivity index (χ1) is 13.4. The molecule has 0 amide bonds. The predicted octanol–water partition coefficient (Wildman–Crippen LogP) is 6.76. The summed E-state index contributed by atoms with van der Waals surface area (Å²) in [6.45, 7) is 5.64. The number of nitrogens with zero attached hydrogens (tertiary/aromatic N) is 1. The highest BCUT2D eigenvalue weighted by Crippen LogP contribution is 2.38. The van der Waals surface area contributed by atoms with Crippen LogP contribution in [0.2, 0.25) is 0 Å². The zero-order valence-corrected chi connectivity index (χ0v) is 16.3. The van der Waals surface area contributed by atoms with Crippen LogP contribution in [-0.2, 0) is 4.74 Å². The van der Waals surface area contributed by atoms with E-state index < -0.39 is 5.60 Å². The van der Waals surface area contributed by atoms with Crippen LogP contribution < -0.4 is 0 Å². The summed E-state index contributed by atoms with van der Waals surface area (Å²) in [5.41, 5.74) is 4.58. The van der Waals surface area contributed by atoms with Crippen molar-refractivity contribution in [2.45, 2.75) is 26.4 Å². The zero-order valence-electron chi connectivity index (χ0n) is 16.3. The Morgan fingerprint density at radius 1 is 0.750 bits per heavy atom. The summed E-state index contributed by atoms with van der Waals surface area (Å²) >= 11 is 0. The standard InChI is InChI=1S/C25H23NO2/c1-25(2,3)28-24(27)26-17-21(19-13-8-5-9-14-19)23-20(15-10-16-22(23)26)18-11-6-4-7-12-18/h4-17H,1-3H3. The van der Waals surface area contributed by atoms with E-state index in [1.807, 2.05) is 75.5 Å². The van der Waals surface area contributed by atoms with Crippen molar-refractivity contribution in [3.8, 4) is 22.3 Å². The zero-order chi connectivity index (χ0) is 19.7. The lowest BCUT2D eigenvalue weighted by Crippen LogP contribution is -2.26. The average molecular weight is 369 g/mol. The SMILES string of the molecule is CC(C)(C)OC(=O)n1cc(-c2ccccc2)c2c(-c3ccccc3)cccc21. The van der Waals surface area contributed by atoms with Crippen LogP contribution in [0.5, 0.6) is 0 Å². The number of carbonyl (C=O) groups is 1. The highest BCUT2D eigenvalue weighted by Gasteiger charge is 2.22. The van der Waals surface area contributed by atoms with Crippen LogP contribution in [0.25, 0.3) is 33.2 Å². The number of rotatable bonds is 2. The Bertz CT molecular complexity index is 1120. The number of aromatic nitrogens is 1. The third kappa shape index (κ3) is 3.44. The van der Waals surface area contributed by atoms with Gasteiger partial charge in [0.25, 0.3) is 0 Å². The minimum Gasteiger partial charge on any atom is -0.443 e. The maximum Gasteiger partial charge on any atom is 0.419 e. The molecule has 0 radical (unpaired) electrons. The van der Waals surface area contributed by atoms with Crippen molar-refractivity contribution in [2.24, 2.45) is 0 Å². The number of carbonyl (C=O) groups excluding carboxylic acids is 1. The molecule has 0 N–H and O–H groups in total. The molecule has 0 aliphatic rings. The van der Waals surface area contributed by atoms with Crippen molar-refractivity contribution in [2.75, 3.05) is 0 Å². The molecule has 0 atom stereocenters. The highest BCUT2D eigenvalue weighted by molar-refractivity contribution is 6.08. The van der Waals surface area contributed by atoms with E-state index in [2.05, 4.69) is 30.3 Å². The van der Waals surface area contributed by atoms with Gasteiger partial charge in [-0.2, -0.15) is 0 Å². The minimum absolute atomic E-state index is 0.370. The quantitative estimate of drug-likeness (QED) is 0.391. The van der Waals surface area contributed by atoms with E-state index in [4.69, 9.17) is 4.74 Å². The Morgan fingerprint density at radius 3 is 1.89 bits per heavy atom. The van der Waals surface area contributed by atoms with Gasteiger partial charge < -0.3 is 4.74 Å². The van der Waals surface area contributed by atoms with Crippen molar-refractivity contribution >= 4 is 17.0 Å². The normalized spacial score (nSPS) is 11.5. The Hall–Kier alpha value is -3.33. The first-order valence-electron chi connectivity index (χ1n) is 9.42. The lowest BCUT2D eigenvalue weighted by atomic mass is 9.96. The van der Waals surface area contributed by atoms with E-state index in [9.17, 15) is 4.79 Å². The maximum atomic E-state index is 12.9. The minimum atomic E-state index is -0.558. The van der Waals surface area contributed by atoms with Crippen LogP contribution in [0.15, 0.2) is 85.1 Å². The van der Waals surface area contributed by atoms with Crippen molar-refractivity contribution in [1.29, 1.82) is 0 Å². The lowest BCUT2D eigenvalue weighted by Gasteiger charge is -2.19. The molecule has 0 saturated heterocycles. The van der Waals surface area contributed by atoms with Gasteiger partial charge in [0.1, 0.15) is 5.60 Å². The number of hydrogen-bond acceptors (Lipinski definition) is 2. The lowest BCUT2D eigenvalue weighted by molar-refractivity contribution is 0.0544. The highest BCUT2D eigenvalue weighted by atomic mass is 16.6. The summed E-state index contributed by atoms with van der Waals surface area (Å²) in [4.78, 5) is 12.9. The molecule has 1 heterocycles. The smallest absolute Gasteiger partial charge is 0.419 e. The fourth-order valence-corrected chi connectivity index (χ4v) is 3.44.